The lowest BCUT2D eigenvalue weighted by molar-refractivity contribution is 0.262. The molecule has 2 heterocycles. The van der Waals surface area contributed by atoms with E-state index in [1.807, 2.05) is 6.26 Å². The summed E-state index contributed by atoms with van der Waals surface area (Å²) in [5.41, 5.74) is 1.78. The molecule has 0 aliphatic carbocycles. The third-order valence-corrected chi connectivity index (χ3v) is 3.70. The van der Waals surface area contributed by atoms with E-state index in [9.17, 15) is 0 Å². The fraction of sp³-hybridized carbons (Fsp3) is 0.733. The van der Waals surface area contributed by atoms with Gasteiger partial charge in [-0.1, -0.05) is 20.8 Å². The number of hydrogen-bond acceptors (Lipinski definition) is 3. The Bertz CT molecular complexity index is 370. The Labute approximate surface area is 111 Å². The van der Waals surface area contributed by atoms with Crippen LogP contribution in [-0.2, 0) is 13.1 Å². The van der Waals surface area contributed by atoms with Crippen molar-refractivity contribution < 1.29 is 4.42 Å². The molecule has 0 bridgehead atoms. The molecule has 0 spiro atoms. The molecule has 1 aliphatic rings. The average molecular weight is 250 g/mol. The fourth-order valence-corrected chi connectivity index (χ4v) is 2.63. The van der Waals surface area contributed by atoms with Gasteiger partial charge >= 0.3 is 0 Å². The highest BCUT2D eigenvalue weighted by molar-refractivity contribution is 5.17. The van der Waals surface area contributed by atoms with Gasteiger partial charge in [0.25, 0.3) is 0 Å². The number of nitrogens with one attached hydrogen (secondary N) is 1. The Hall–Kier alpha value is -0.800. The van der Waals surface area contributed by atoms with Gasteiger partial charge in [0.15, 0.2) is 0 Å². The summed E-state index contributed by atoms with van der Waals surface area (Å²) >= 11 is 0. The first-order valence-corrected chi connectivity index (χ1v) is 7.09. The van der Waals surface area contributed by atoms with Crippen molar-refractivity contribution in [1.82, 2.24) is 10.2 Å². The molecular weight excluding hydrogens is 224 g/mol. The van der Waals surface area contributed by atoms with E-state index in [0.717, 1.165) is 25.4 Å². The molecule has 1 aromatic heterocycles. The summed E-state index contributed by atoms with van der Waals surface area (Å²) < 4.78 is 5.64. The Morgan fingerprint density at radius 1 is 1.44 bits per heavy atom. The van der Waals surface area contributed by atoms with Crippen LogP contribution in [0.5, 0.6) is 0 Å². The molecule has 18 heavy (non-hydrogen) atoms. The summed E-state index contributed by atoms with van der Waals surface area (Å²) in [4.78, 5) is 2.50. The predicted molar refractivity (Wildman–Crippen MR) is 74.4 cm³/mol. The molecule has 0 aromatic carbocycles. The van der Waals surface area contributed by atoms with Crippen LogP contribution in [-0.4, -0.2) is 24.5 Å². The molecule has 3 heteroatoms. The number of nitrogens with zero attached hydrogens (tertiary/aromatic N) is 1. The first-order chi connectivity index (χ1) is 8.61. The molecule has 0 amide bonds. The largest absolute Gasteiger partial charge is 0.468 e. The van der Waals surface area contributed by atoms with E-state index < -0.39 is 0 Å². The third-order valence-electron chi connectivity index (χ3n) is 3.70. The first kappa shape index (κ1) is 13.6. The Kier molecular flexibility index (Phi) is 4.46. The number of rotatable bonds is 6. The zero-order chi connectivity index (χ0) is 13.0. The van der Waals surface area contributed by atoms with Crippen LogP contribution < -0.4 is 5.32 Å². The minimum atomic E-state index is 0.465. The highest BCUT2D eigenvalue weighted by atomic mass is 16.3. The van der Waals surface area contributed by atoms with Crippen LogP contribution in [0.25, 0.3) is 0 Å². The van der Waals surface area contributed by atoms with Gasteiger partial charge in [-0.25, -0.2) is 0 Å². The van der Waals surface area contributed by atoms with Crippen molar-refractivity contribution in [3.8, 4) is 0 Å². The molecule has 1 saturated heterocycles. The highest BCUT2D eigenvalue weighted by Crippen LogP contribution is 2.30. The molecule has 0 unspecified atom stereocenters. The minimum Gasteiger partial charge on any atom is -0.468 e. The lowest BCUT2D eigenvalue weighted by Gasteiger charge is -2.19. The van der Waals surface area contributed by atoms with Gasteiger partial charge in [0.1, 0.15) is 5.76 Å². The summed E-state index contributed by atoms with van der Waals surface area (Å²) in [6.07, 6.45) is 4.28. The molecular formula is C15H26N2O. The lowest BCUT2D eigenvalue weighted by atomic mass is 9.93. The molecule has 1 aliphatic heterocycles. The van der Waals surface area contributed by atoms with Crippen molar-refractivity contribution in [1.29, 1.82) is 0 Å². The summed E-state index contributed by atoms with van der Waals surface area (Å²) in [5.74, 6) is 1.14. The molecule has 0 atom stereocenters. The van der Waals surface area contributed by atoms with E-state index in [1.165, 1.54) is 31.5 Å². The minimum absolute atomic E-state index is 0.465. The average Bonchev–Trinajstić information content (AvgIpc) is 2.87. The van der Waals surface area contributed by atoms with Crippen molar-refractivity contribution in [3.05, 3.63) is 23.7 Å². The second-order valence-corrected chi connectivity index (χ2v) is 6.17. The summed E-state index contributed by atoms with van der Waals surface area (Å²) in [6, 6.07) is 2.10. The topological polar surface area (TPSA) is 28.4 Å². The summed E-state index contributed by atoms with van der Waals surface area (Å²) in [6.45, 7) is 12.2. The van der Waals surface area contributed by atoms with E-state index in [-0.39, 0.29) is 0 Å². The Morgan fingerprint density at radius 3 is 2.94 bits per heavy atom. The first-order valence-electron chi connectivity index (χ1n) is 7.09. The normalized spacial score (nSPS) is 19.5. The second-order valence-electron chi connectivity index (χ2n) is 6.17. The molecule has 1 aromatic rings. The Balaban J connectivity index is 1.88. The third kappa shape index (κ3) is 3.59. The summed E-state index contributed by atoms with van der Waals surface area (Å²) in [7, 11) is 0. The van der Waals surface area contributed by atoms with E-state index >= 15 is 0 Å². The standard InChI is InChI=1S/C15H26N2O/c1-4-7-16-10-13-5-9-18-14(13)11-17-8-6-15(2,3)12-17/h5,9,16H,4,6-8,10-12H2,1-3H3. The van der Waals surface area contributed by atoms with Crippen LogP contribution in [0.15, 0.2) is 16.7 Å². The van der Waals surface area contributed by atoms with Gasteiger partial charge in [-0.15, -0.1) is 0 Å². The number of furan rings is 1. The van der Waals surface area contributed by atoms with Gasteiger partial charge in [0.2, 0.25) is 0 Å². The predicted octanol–water partition coefficient (Wildman–Crippen LogP) is 3.01. The summed E-state index contributed by atoms with van der Waals surface area (Å²) in [5, 5.41) is 3.44. The zero-order valence-corrected chi connectivity index (χ0v) is 12.0. The molecule has 2 rings (SSSR count). The van der Waals surface area contributed by atoms with Gasteiger partial charge < -0.3 is 9.73 Å². The molecule has 102 valence electrons. The van der Waals surface area contributed by atoms with Gasteiger partial charge in [-0.05, 0) is 37.4 Å². The fourth-order valence-electron chi connectivity index (χ4n) is 2.63. The molecule has 0 radical (unpaired) electrons. The van der Waals surface area contributed by atoms with Gasteiger partial charge in [0, 0.05) is 18.7 Å². The van der Waals surface area contributed by atoms with E-state index in [0.29, 0.717) is 5.41 Å². The van der Waals surface area contributed by atoms with Crippen molar-refractivity contribution in [2.24, 2.45) is 5.41 Å². The van der Waals surface area contributed by atoms with Crippen LogP contribution in [0.4, 0.5) is 0 Å². The van der Waals surface area contributed by atoms with Gasteiger partial charge in [0.05, 0.1) is 12.8 Å². The van der Waals surface area contributed by atoms with Gasteiger partial charge in [-0.2, -0.15) is 0 Å². The maximum Gasteiger partial charge on any atom is 0.122 e. The zero-order valence-electron chi connectivity index (χ0n) is 12.0. The van der Waals surface area contributed by atoms with Crippen molar-refractivity contribution >= 4 is 0 Å². The van der Waals surface area contributed by atoms with Crippen LogP contribution in [0, 0.1) is 5.41 Å². The van der Waals surface area contributed by atoms with E-state index in [2.05, 4.69) is 37.1 Å². The second kappa shape index (κ2) is 5.89. The number of hydrogen-bond donors (Lipinski definition) is 1. The number of likely N-dealkylation sites (tertiary alicyclic amines) is 1. The highest BCUT2D eigenvalue weighted by Gasteiger charge is 2.29. The van der Waals surface area contributed by atoms with Crippen LogP contribution in [0.3, 0.4) is 0 Å². The van der Waals surface area contributed by atoms with Crippen LogP contribution in [0.1, 0.15) is 44.9 Å². The van der Waals surface area contributed by atoms with Crippen LogP contribution in [0.2, 0.25) is 0 Å². The lowest BCUT2D eigenvalue weighted by Crippen LogP contribution is -2.23. The van der Waals surface area contributed by atoms with Gasteiger partial charge in [-0.3, -0.25) is 4.90 Å². The monoisotopic (exact) mass is 250 g/mol. The van der Waals surface area contributed by atoms with E-state index in [1.54, 1.807) is 0 Å². The molecule has 3 nitrogen and oxygen atoms in total. The maximum absolute atomic E-state index is 5.64. The maximum atomic E-state index is 5.64. The Morgan fingerprint density at radius 2 is 2.28 bits per heavy atom. The quantitative estimate of drug-likeness (QED) is 0.787. The molecule has 1 N–H and O–H groups in total. The van der Waals surface area contributed by atoms with Crippen molar-refractivity contribution in [2.45, 2.75) is 46.7 Å². The SMILES string of the molecule is CCCNCc1ccoc1CN1CCC(C)(C)C1. The molecule has 0 saturated carbocycles. The van der Waals surface area contributed by atoms with Crippen molar-refractivity contribution in [3.63, 3.8) is 0 Å². The smallest absolute Gasteiger partial charge is 0.122 e. The van der Waals surface area contributed by atoms with Crippen LogP contribution >= 0.6 is 0 Å². The molecule has 1 fully saturated rings. The van der Waals surface area contributed by atoms with E-state index in [4.69, 9.17) is 4.42 Å². The van der Waals surface area contributed by atoms with Crippen molar-refractivity contribution in [2.75, 3.05) is 19.6 Å².